The largest absolute Gasteiger partial charge is 0.335 e. The molecule has 1 unspecified atom stereocenters. The molecule has 0 bridgehead atoms. The van der Waals surface area contributed by atoms with Crippen LogP contribution < -0.4 is 0 Å². The summed E-state index contributed by atoms with van der Waals surface area (Å²) < 4.78 is 0. The van der Waals surface area contributed by atoms with E-state index < -0.39 is 17.8 Å². The molecule has 0 aromatic heterocycles. The molecule has 2 saturated heterocycles. The Hall–Kier alpha value is -2.25. The zero-order chi connectivity index (χ0) is 16.6. The first-order chi connectivity index (χ1) is 11.0. The lowest BCUT2D eigenvalue weighted by molar-refractivity contribution is -0.143. The van der Waals surface area contributed by atoms with Crippen molar-refractivity contribution in [3.05, 3.63) is 35.9 Å². The van der Waals surface area contributed by atoms with E-state index in [9.17, 15) is 14.4 Å². The Morgan fingerprint density at radius 2 is 1.70 bits per heavy atom. The summed E-state index contributed by atoms with van der Waals surface area (Å²) >= 11 is 0. The molecule has 0 N–H and O–H groups in total. The van der Waals surface area contributed by atoms with Gasteiger partial charge in [0, 0.05) is 32.7 Å². The van der Waals surface area contributed by atoms with Crippen molar-refractivity contribution in [2.24, 2.45) is 0 Å². The van der Waals surface area contributed by atoms with E-state index in [2.05, 4.69) is 16.8 Å². The Morgan fingerprint density at radius 3 is 2.30 bits per heavy atom. The fourth-order valence-corrected chi connectivity index (χ4v) is 3.04. The second-order valence-electron chi connectivity index (χ2n) is 6.02. The molecule has 4 amide bonds. The minimum absolute atomic E-state index is 0.0801. The molecule has 1 aromatic rings. The number of carbonyl (C=O) groups excluding carboxylic acids is 3. The molecule has 0 spiro atoms. The number of hydrogen-bond donors (Lipinski definition) is 0. The van der Waals surface area contributed by atoms with Gasteiger partial charge in [-0.1, -0.05) is 30.3 Å². The number of carbonyl (C=O) groups is 3. The zero-order valence-electron chi connectivity index (χ0n) is 13.3. The Labute approximate surface area is 135 Å². The SMILES string of the molecule is CN1CCN(CN2C(=O)C(=O)N(C)C2=O)C(c2ccccc2)C1. The summed E-state index contributed by atoms with van der Waals surface area (Å²) in [6.45, 7) is 2.53. The molecule has 7 nitrogen and oxygen atoms in total. The number of likely N-dealkylation sites (N-methyl/N-ethyl adjacent to an activating group) is 2. The number of rotatable bonds is 3. The van der Waals surface area contributed by atoms with Crippen LogP contribution in [0.15, 0.2) is 30.3 Å². The minimum atomic E-state index is -0.764. The van der Waals surface area contributed by atoms with Gasteiger partial charge in [0.1, 0.15) is 0 Å². The summed E-state index contributed by atoms with van der Waals surface area (Å²) in [6, 6.07) is 9.53. The van der Waals surface area contributed by atoms with Gasteiger partial charge in [-0.2, -0.15) is 0 Å². The van der Waals surface area contributed by atoms with Crippen LogP contribution in [0.3, 0.4) is 0 Å². The van der Waals surface area contributed by atoms with Crippen molar-refractivity contribution in [3.8, 4) is 0 Å². The van der Waals surface area contributed by atoms with Crippen LogP contribution >= 0.6 is 0 Å². The smallest absolute Gasteiger partial charge is 0.303 e. The number of imide groups is 2. The van der Waals surface area contributed by atoms with Gasteiger partial charge in [-0.15, -0.1) is 0 Å². The van der Waals surface area contributed by atoms with Crippen molar-refractivity contribution in [3.63, 3.8) is 0 Å². The number of nitrogens with zero attached hydrogens (tertiary/aromatic N) is 4. The van der Waals surface area contributed by atoms with E-state index in [0.717, 1.165) is 35.0 Å². The van der Waals surface area contributed by atoms with E-state index in [0.29, 0.717) is 0 Å². The lowest BCUT2D eigenvalue weighted by Crippen LogP contribution is -2.51. The average molecular weight is 316 g/mol. The predicted molar refractivity (Wildman–Crippen MR) is 83.3 cm³/mol. The number of urea groups is 1. The van der Waals surface area contributed by atoms with Crippen LogP contribution in [-0.2, 0) is 9.59 Å². The van der Waals surface area contributed by atoms with Crippen molar-refractivity contribution < 1.29 is 14.4 Å². The molecular weight excluding hydrogens is 296 g/mol. The molecule has 23 heavy (non-hydrogen) atoms. The summed E-state index contributed by atoms with van der Waals surface area (Å²) in [7, 11) is 3.39. The van der Waals surface area contributed by atoms with Crippen molar-refractivity contribution >= 4 is 17.8 Å². The highest BCUT2D eigenvalue weighted by atomic mass is 16.2. The van der Waals surface area contributed by atoms with Gasteiger partial charge in [0.2, 0.25) is 0 Å². The summed E-state index contributed by atoms with van der Waals surface area (Å²) in [6.07, 6.45) is 0. The van der Waals surface area contributed by atoms with Crippen molar-refractivity contribution in [2.45, 2.75) is 6.04 Å². The molecule has 3 rings (SSSR count). The molecule has 1 aromatic carbocycles. The van der Waals surface area contributed by atoms with E-state index in [4.69, 9.17) is 0 Å². The summed E-state index contributed by atoms with van der Waals surface area (Å²) in [5, 5.41) is 0. The normalized spacial score (nSPS) is 23.9. The van der Waals surface area contributed by atoms with Gasteiger partial charge in [-0.3, -0.25) is 19.4 Å². The monoisotopic (exact) mass is 316 g/mol. The van der Waals surface area contributed by atoms with E-state index in [1.165, 1.54) is 7.05 Å². The molecule has 0 aliphatic carbocycles. The first-order valence-corrected chi connectivity index (χ1v) is 7.60. The van der Waals surface area contributed by atoms with Crippen molar-refractivity contribution in [1.29, 1.82) is 0 Å². The average Bonchev–Trinajstić information content (AvgIpc) is 2.75. The molecule has 7 heteroatoms. The topological polar surface area (TPSA) is 64.2 Å². The highest BCUT2D eigenvalue weighted by Crippen LogP contribution is 2.26. The summed E-state index contributed by atoms with van der Waals surface area (Å²) in [4.78, 5) is 41.9. The van der Waals surface area contributed by atoms with Gasteiger partial charge in [-0.05, 0) is 12.6 Å². The van der Waals surface area contributed by atoms with E-state index in [1.54, 1.807) is 0 Å². The molecule has 0 radical (unpaired) electrons. The highest BCUT2D eigenvalue weighted by molar-refractivity contribution is 6.44. The van der Waals surface area contributed by atoms with Crippen LogP contribution in [0.25, 0.3) is 0 Å². The van der Waals surface area contributed by atoms with E-state index >= 15 is 0 Å². The standard InChI is InChI=1S/C16H20N4O3/c1-17-8-9-19(13(10-17)12-6-4-3-5-7-12)11-20-15(22)14(21)18(2)16(20)23/h3-7,13H,8-11H2,1-2H3. The van der Waals surface area contributed by atoms with E-state index in [-0.39, 0.29) is 12.7 Å². The van der Waals surface area contributed by atoms with Crippen molar-refractivity contribution in [2.75, 3.05) is 40.4 Å². The maximum absolute atomic E-state index is 12.1. The summed E-state index contributed by atoms with van der Waals surface area (Å²) in [5.74, 6) is -1.51. The molecule has 2 heterocycles. The second-order valence-corrected chi connectivity index (χ2v) is 6.02. The van der Waals surface area contributed by atoms with E-state index in [1.807, 2.05) is 30.3 Å². The van der Waals surface area contributed by atoms with Crippen LogP contribution in [0.2, 0.25) is 0 Å². The third-order valence-electron chi connectivity index (χ3n) is 4.45. The van der Waals surface area contributed by atoms with Crippen LogP contribution in [0.5, 0.6) is 0 Å². The number of amides is 4. The second kappa shape index (κ2) is 6.10. The maximum Gasteiger partial charge on any atom is 0.335 e. The maximum atomic E-state index is 12.1. The lowest BCUT2D eigenvalue weighted by Gasteiger charge is -2.41. The zero-order valence-corrected chi connectivity index (χ0v) is 13.3. The van der Waals surface area contributed by atoms with Gasteiger partial charge in [-0.25, -0.2) is 9.69 Å². The molecular formula is C16H20N4O3. The number of hydrogen-bond acceptors (Lipinski definition) is 5. The first-order valence-electron chi connectivity index (χ1n) is 7.60. The Kier molecular flexibility index (Phi) is 4.14. The number of piperazine rings is 1. The fraction of sp³-hybridized carbons (Fsp3) is 0.438. The highest BCUT2D eigenvalue weighted by Gasteiger charge is 2.43. The molecule has 122 valence electrons. The predicted octanol–water partition coefficient (Wildman–Crippen LogP) is 0.353. The molecule has 1 atom stereocenters. The minimum Gasteiger partial charge on any atom is -0.303 e. The lowest BCUT2D eigenvalue weighted by atomic mass is 10.0. The molecule has 2 aliphatic rings. The summed E-state index contributed by atoms with van der Waals surface area (Å²) in [5.41, 5.74) is 1.14. The Morgan fingerprint density at radius 1 is 1.00 bits per heavy atom. The fourth-order valence-electron chi connectivity index (χ4n) is 3.04. The van der Waals surface area contributed by atoms with Crippen LogP contribution in [-0.4, -0.2) is 77.8 Å². The quantitative estimate of drug-likeness (QED) is 0.595. The first kappa shape index (κ1) is 15.6. The van der Waals surface area contributed by atoms with Crippen LogP contribution in [0.4, 0.5) is 4.79 Å². The molecule has 2 fully saturated rings. The molecule has 2 aliphatic heterocycles. The number of benzene rings is 1. The third-order valence-corrected chi connectivity index (χ3v) is 4.45. The molecule has 0 saturated carbocycles. The van der Waals surface area contributed by atoms with Gasteiger partial charge in [0.05, 0.1) is 6.67 Å². The van der Waals surface area contributed by atoms with Gasteiger partial charge >= 0.3 is 17.8 Å². The van der Waals surface area contributed by atoms with Gasteiger partial charge in [0.15, 0.2) is 0 Å². The van der Waals surface area contributed by atoms with Crippen molar-refractivity contribution in [1.82, 2.24) is 19.6 Å². The van der Waals surface area contributed by atoms with Crippen LogP contribution in [0.1, 0.15) is 11.6 Å². The third kappa shape index (κ3) is 2.85. The van der Waals surface area contributed by atoms with Crippen LogP contribution in [0, 0.1) is 0 Å². The van der Waals surface area contributed by atoms with Gasteiger partial charge in [0.25, 0.3) is 0 Å². The Bertz CT molecular complexity index is 633. The van der Waals surface area contributed by atoms with Gasteiger partial charge < -0.3 is 4.90 Å². The Balaban J connectivity index is 1.81.